The first-order valence-electron chi connectivity index (χ1n) is 16.8. The summed E-state index contributed by atoms with van der Waals surface area (Å²) in [4.78, 5) is 29.0. The van der Waals surface area contributed by atoms with Gasteiger partial charge in [-0.05, 0) is 66.4 Å². The molecular weight excluding hydrogens is 683 g/mol. The number of carbonyl (C=O) groups excluding carboxylic acids is 2. The number of rotatable bonds is 15. The average molecular weight is 722 g/mol. The van der Waals surface area contributed by atoms with E-state index in [-0.39, 0.29) is 16.5 Å². The van der Waals surface area contributed by atoms with Crippen molar-refractivity contribution in [1.29, 1.82) is 0 Å². The summed E-state index contributed by atoms with van der Waals surface area (Å²) in [5, 5.41) is 20.7. The highest BCUT2D eigenvalue weighted by atomic mass is 32.2. The minimum absolute atomic E-state index is 0.0687. The number of amides is 1. The van der Waals surface area contributed by atoms with Gasteiger partial charge in [0.15, 0.2) is 15.8 Å². The predicted molar refractivity (Wildman–Crippen MR) is 201 cm³/mol. The third-order valence-corrected chi connectivity index (χ3v) is 10.5. The number of ketones is 1. The Kier molecular flexibility index (Phi) is 11.7. The number of aliphatic hydroxyl groups excluding tert-OH is 1. The molecule has 1 saturated heterocycles. The molecule has 9 nitrogen and oxygen atoms in total. The zero-order chi connectivity index (χ0) is 35.7. The number of thioether (sulfide) groups is 1. The number of aromatic nitrogens is 2. The zero-order valence-corrected chi connectivity index (χ0v) is 30.3. The van der Waals surface area contributed by atoms with E-state index in [1.54, 1.807) is 49.6 Å². The first-order chi connectivity index (χ1) is 24.9. The number of unbranched alkanes of at least 4 members (excludes halogenated alkanes) is 2. The molecule has 11 heteroatoms. The van der Waals surface area contributed by atoms with Gasteiger partial charge in [0.1, 0.15) is 18.1 Å². The zero-order valence-electron chi connectivity index (χ0n) is 28.7. The second-order valence-electron chi connectivity index (χ2n) is 12.1. The molecule has 1 atom stereocenters. The summed E-state index contributed by atoms with van der Waals surface area (Å²) in [6.45, 7) is 5.07. The molecule has 262 valence electrons. The van der Waals surface area contributed by atoms with Crippen molar-refractivity contribution in [3.63, 3.8) is 0 Å². The summed E-state index contributed by atoms with van der Waals surface area (Å²) < 4.78 is 18.3. The van der Waals surface area contributed by atoms with Gasteiger partial charge >= 0.3 is 5.91 Å². The monoisotopic (exact) mass is 721 g/mol. The lowest BCUT2D eigenvalue weighted by atomic mass is 9.95. The van der Waals surface area contributed by atoms with Crippen molar-refractivity contribution in [3.05, 3.63) is 130 Å². The van der Waals surface area contributed by atoms with Gasteiger partial charge in [0.2, 0.25) is 5.13 Å². The van der Waals surface area contributed by atoms with Crippen LogP contribution in [0.1, 0.15) is 60.0 Å². The van der Waals surface area contributed by atoms with Gasteiger partial charge in [-0.3, -0.25) is 14.5 Å². The van der Waals surface area contributed by atoms with Crippen LogP contribution in [0.3, 0.4) is 0 Å². The van der Waals surface area contributed by atoms with Crippen LogP contribution in [-0.2, 0) is 21.9 Å². The molecule has 4 aromatic carbocycles. The number of anilines is 1. The first-order valence-corrected chi connectivity index (χ1v) is 18.6. The number of ether oxygens (including phenoxy) is 3. The molecule has 0 spiro atoms. The van der Waals surface area contributed by atoms with Gasteiger partial charge in [-0.2, -0.15) is 0 Å². The number of Topliss-reactive ketones (excluding diaryl/α,β-unsaturated/α-hetero) is 1. The number of nitrogens with zero attached hydrogens (tertiary/aromatic N) is 3. The summed E-state index contributed by atoms with van der Waals surface area (Å²) in [5.74, 6) is 0.303. The van der Waals surface area contributed by atoms with E-state index >= 15 is 0 Å². The van der Waals surface area contributed by atoms with Gasteiger partial charge in [0.25, 0.3) is 5.78 Å². The maximum absolute atomic E-state index is 13.8. The molecule has 6 rings (SSSR count). The third-order valence-electron chi connectivity index (χ3n) is 8.38. The van der Waals surface area contributed by atoms with Crippen molar-refractivity contribution in [3.8, 4) is 17.2 Å². The van der Waals surface area contributed by atoms with Crippen LogP contribution >= 0.6 is 23.1 Å². The van der Waals surface area contributed by atoms with Crippen molar-refractivity contribution in [2.24, 2.45) is 0 Å². The fourth-order valence-corrected chi connectivity index (χ4v) is 7.59. The molecule has 5 aromatic rings. The molecule has 1 N–H and O–H groups in total. The standard InChI is InChI=1S/C40H39N3O6S2/c1-4-5-9-21-48-32-20-17-30(23-33(32)47-3)35-34(36(44)29-15-18-31(19-16-29)49-24-28-14-10-11-26(2)22-28)37(45)38(46)43(35)39-41-42-40(51-39)50-25-27-12-7-6-8-13-27/h6-8,10-20,22-23,35,44H,4-5,9,21,24-25H2,1-3H3. The SMILES string of the molecule is CCCCCOc1ccc(C2C(=C(O)c3ccc(OCc4cccc(C)c4)cc3)C(=O)C(=O)N2c2nnc(SCc3ccccc3)s2)cc1OC. The quantitative estimate of drug-likeness (QED) is 0.0283. The lowest BCUT2D eigenvalue weighted by Gasteiger charge is -2.23. The van der Waals surface area contributed by atoms with Crippen molar-refractivity contribution in [1.82, 2.24) is 10.2 Å². The first kappa shape index (κ1) is 35.7. The lowest BCUT2D eigenvalue weighted by Crippen LogP contribution is -2.29. The van der Waals surface area contributed by atoms with Gasteiger partial charge in [-0.15, -0.1) is 10.2 Å². The molecule has 1 aromatic heterocycles. The van der Waals surface area contributed by atoms with Crippen LogP contribution in [0.2, 0.25) is 0 Å². The molecule has 51 heavy (non-hydrogen) atoms. The summed E-state index contributed by atoms with van der Waals surface area (Å²) in [6.07, 6.45) is 3.01. The van der Waals surface area contributed by atoms with Gasteiger partial charge in [-0.1, -0.05) is 109 Å². The molecule has 1 aliphatic heterocycles. The maximum atomic E-state index is 13.8. The lowest BCUT2D eigenvalue weighted by molar-refractivity contribution is -0.132. The van der Waals surface area contributed by atoms with E-state index in [9.17, 15) is 14.7 Å². The number of aryl methyl sites for hydroxylation is 1. The number of carbonyl (C=O) groups is 2. The van der Waals surface area contributed by atoms with Crippen LogP contribution in [-0.4, -0.2) is 40.7 Å². The fraction of sp³-hybridized carbons (Fsp3) is 0.250. The minimum Gasteiger partial charge on any atom is -0.507 e. The van der Waals surface area contributed by atoms with Crippen LogP contribution in [0.4, 0.5) is 5.13 Å². The molecule has 0 saturated carbocycles. The van der Waals surface area contributed by atoms with Gasteiger partial charge in [0, 0.05) is 11.3 Å². The van der Waals surface area contributed by atoms with Gasteiger partial charge < -0.3 is 19.3 Å². The Morgan fingerprint density at radius 2 is 1.67 bits per heavy atom. The molecule has 0 bridgehead atoms. The van der Waals surface area contributed by atoms with Crippen LogP contribution in [0.5, 0.6) is 17.2 Å². The fourth-order valence-electron chi connectivity index (χ4n) is 5.76. The van der Waals surface area contributed by atoms with E-state index in [0.29, 0.717) is 51.7 Å². The number of aliphatic hydroxyl groups is 1. The van der Waals surface area contributed by atoms with Gasteiger partial charge in [0.05, 0.1) is 25.3 Å². The Morgan fingerprint density at radius 3 is 2.41 bits per heavy atom. The van der Waals surface area contributed by atoms with Crippen molar-refractivity contribution < 1.29 is 28.9 Å². The molecule has 0 radical (unpaired) electrons. The van der Waals surface area contributed by atoms with Gasteiger partial charge in [-0.25, -0.2) is 0 Å². The van der Waals surface area contributed by atoms with E-state index in [4.69, 9.17) is 14.2 Å². The van der Waals surface area contributed by atoms with E-state index in [2.05, 4.69) is 23.2 Å². The topological polar surface area (TPSA) is 111 Å². The summed E-state index contributed by atoms with van der Waals surface area (Å²) in [6, 6.07) is 29.1. The highest BCUT2D eigenvalue weighted by Gasteiger charge is 2.48. The largest absolute Gasteiger partial charge is 0.507 e. The second-order valence-corrected chi connectivity index (χ2v) is 14.2. The Morgan fingerprint density at radius 1 is 0.882 bits per heavy atom. The molecule has 1 fully saturated rings. The average Bonchev–Trinajstić information content (AvgIpc) is 3.73. The molecule has 0 aliphatic carbocycles. The Bertz CT molecular complexity index is 2010. The predicted octanol–water partition coefficient (Wildman–Crippen LogP) is 8.92. The number of hydrogen-bond acceptors (Lipinski definition) is 10. The highest BCUT2D eigenvalue weighted by Crippen LogP contribution is 2.45. The smallest absolute Gasteiger partial charge is 0.301 e. The number of benzene rings is 4. The van der Waals surface area contributed by atoms with Crippen LogP contribution < -0.4 is 19.1 Å². The van der Waals surface area contributed by atoms with Crippen LogP contribution in [0.25, 0.3) is 5.76 Å². The second kappa shape index (κ2) is 16.7. The summed E-state index contributed by atoms with van der Waals surface area (Å²) >= 11 is 2.71. The minimum atomic E-state index is -1.01. The van der Waals surface area contributed by atoms with Crippen LogP contribution in [0.15, 0.2) is 107 Å². The summed E-state index contributed by atoms with van der Waals surface area (Å²) in [5.41, 5.74) is 4.13. The van der Waals surface area contributed by atoms with E-state index in [1.807, 2.05) is 55.5 Å². The third kappa shape index (κ3) is 8.44. The summed E-state index contributed by atoms with van der Waals surface area (Å²) in [7, 11) is 1.54. The molecule has 2 heterocycles. The van der Waals surface area contributed by atoms with Crippen molar-refractivity contribution in [2.45, 2.75) is 55.9 Å². The molecule has 1 amide bonds. The molecule has 1 unspecified atom stereocenters. The Hall–Kier alpha value is -5.13. The van der Waals surface area contributed by atoms with E-state index < -0.39 is 17.7 Å². The van der Waals surface area contributed by atoms with Crippen molar-refractivity contribution in [2.75, 3.05) is 18.6 Å². The van der Waals surface area contributed by atoms with Crippen LogP contribution in [0, 0.1) is 6.92 Å². The Balaban J connectivity index is 1.33. The molecular formula is C40H39N3O6S2. The highest BCUT2D eigenvalue weighted by molar-refractivity contribution is 8.00. The van der Waals surface area contributed by atoms with E-state index in [1.165, 1.54) is 28.0 Å². The van der Waals surface area contributed by atoms with Crippen molar-refractivity contribution >= 4 is 45.7 Å². The maximum Gasteiger partial charge on any atom is 0.301 e. The Labute approximate surface area is 305 Å². The normalized spacial score (nSPS) is 15.3. The molecule has 1 aliphatic rings. The van der Waals surface area contributed by atoms with E-state index in [0.717, 1.165) is 36.0 Å². The number of hydrogen-bond donors (Lipinski definition) is 1. The number of methoxy groups -OCH3 is 1.